The smallest absolute Gasteiger partial charge is 0.334 e. The predicted molar refractivity (Wildman–Crippen MR) is 103 cm³/mol. The average molecular weight is 333 g/mol. The van der Waals surface area contributed by atoms with Gasteiger partial charge in [0.2, 0.25) is 0 Å². The summed E-state index contributed by atoms with van der Waals surface area (Å²) in [5.41, 5.74) is 4.10. The van der Waals surface area contributed by atoms with Gasteiger partial charge in [0, 0.05) is 5.57 Å². The highest BCUT2D eigenvalue weighted by molar-refractivity contribution is 5.89. The lowest BCUT2D eigenvalue weighted by Gasteiger charge is -2.30. The minimum absolute atomic E-state index is 0.0574. The highest BCUT2D eigenvalue weighted by Gasteiger charge is 2.25. The molecule has 0 N–H and O–H groups in total. The Balaban J connectivity index is 2.61. The van der Waals surface area contributed by atoms with E-state index in [0.29, 0.717) is 6.42 Å². The number of carbonyl (C=O) groups is 1. The topological polar surface area (TPSA) is 26.3 Å². The molecule has 0 heterocycles. The van der Waals surface area contributed by atoms with Crippen LogP contribution in [0.4, 0.5) is 0 Å². The maximum atomic E-state index is 12.0. The van der Waals surface area contributed by atoms with Crippen LogP contribution in [0, 0.1) is 10.8 Å². The lowest BCUT2D eigenvalue weighted by atomic mass is 9.75. The zero-order chi connectivity index (χ0) is 18.5. The summed E-state index contributed by atoms with van der Waals surface area (Å²) in [7, 11) is 0. The molecular formula is C22H36O2. The van der Waals surface area contributed by atoms with Crippen molar-refractivity contribution >= 4 is 5.97 Å². The Kier molecular flexibility index (Phi) is 7.07. The number of rotatable bonds is 6. The Morgan fingerprint density at radius 2 is 1.79 bits per heavy atom. The quantitative estimate of drug-likeness (QED) is 0.416. The van der Waals surface area contributed by atoms with Crippen molar-refractivity contribution in [1.82, 2.24) is 0 Å². The largest absolute Gasteiger partial charge is 0.460 e. The average Bonchev–Trinajstić information content (AvgIpc) is 2.45. The molecule has 1 aliphatic carbocycles. The Morgan fingerprint density at radius 3 is 2.25 bits per heavy atom. The summed E-state index contributed by atoms with van der Waals surface area (Å²) in [4.78, 5) is 12.0. The highest BCUT2D eigenvalue weighted by Crippen LogP contribution is 2.38. The van der Waals surface area contributed by atoms with Crippen molar-refractivity contribution in [2.75, 3.05) is 0 Å². The number of hydrogen-bond donors (Lipinski definition) is 0. The van der Waals surface area contributed by atoms with Gasteiger partial charge in [-0.3, -0.25) is 0 Å². The minimum atomic E-state index is -0.165. The maximum absolute atomic E-state index is 12.0. The van der Waals surface area contributed by atoms with Crippen LogP contribution in [0.2, 0.25) is 0 Å². The van der Waals surface area contributed by atoms with Crippen LogP contribution in [0.3, 0.4) is 0 Å². The molecule has 1 rings (SSSR count). The summed E-state index contributed by atoms with van der Waals surface area (Å²) < 4.78 is 5.29. The molecule has 1 aliphatic rings. The first-order valence-corrected chi connectivity index (χ1v) is 9.20. The van der Waals surface area contributed by atoms with Crippen LogP contribution in [-0.2, 0) is 9.53 Å². The van der Waals surface area contributed by atoms with Crippen LogP contribution in [0.15, 0.2) is 34.9 Å². The normalized spacial score (nSPS) is 16.8. The predicted octanol–water partition coefficient (Wildman–Crippen LogP) is 6.38. The number of esters is 1. The van der Waals surface area contributed by atoms with Gasteiger partial charge in [-0.2, -0.15) is 0 Å². The SMILES string of the molecule is C/C(=C\CCC(C)(C)C1=CCC(C(=O)OC(C)C)=CC1)C(C)(C)C. The summed E-state index contributed by atoms with van der Waals surface area (Å²) >= 11 is 0. The first-order valence-electron chi connectivity index (χ1n) is 9.20. The van der Waals surface area contributed by atoms with Crippen molar-refractivity contribution in [3.05, 3.63) is 34.9 Å². The third kappa shape index (κ3) is 6.30. The van der Waals surface area contributed by atoms with Gasteiger partial charge in [0.25, 0.3) is 0 Å². The van der Waals surface area contributed by atoms with E-state index in [-0.39, 0.29) is 22.9 Å². The number of carbonyl (C=O) groups excluding carboxylic acids is 1. The van der Waals surface area contributed by atoms with E-state index in [0.717, 1.165) is 24.8 Å². The molecule has 0 aromatic rings. The molecule has 136 valence electrons. The molecule has 0 amide bonds. The summed E-state index contributed by atoms with van der Waals surface area (Å²) in [5, 5.41) is 0. The molecule has 0 unspecified atom stereocenters. The van der Waals surface area contributed by atoms with Gasteiger partial charge in [-0.25, -0.2) is 4.79 Å². The van der Waals surface area contributed by atoms with Crippen molar-refractivity contribution < 1.29 is 9.53 Å². The zero-order valence-electron chi connectivity index (χ0n) is 17.0. The summed E-state index contributed by atoms with van der Waals surface area (Å²) in [6, 6.07) is 0. The molecule has 2 heteroatoms. The fourth-order valence-electron chi connectivity index (χ4n) is 2.76. The van der Waals surface area contributed by atoms with Gasteiger partial charge in [-0.1, -0.05) is 64.0 Å². The van der Waals surface area contributed by atoms with E-state index in [1.807, 2.05) is 13.8 Å². The van der Waals surface area contributed by atoms with Gasteiger partial charge in [0.15, 0.2) is 0 Å². The standard InChI is InChI=1S/C22H36O2/c1-16(2)24-20(23)18-11-13-19(14-12-18)22(7,8)15-9-10-17(3)21(4,5)6/h10-11,14,16H,9,12-13,15H2,1-8H3/b17-10+. The fourth-order valence-corrected chi connectivity index (χ4v) is 2.76. The number of hydrogen-bond acceptors (Lipinski definition) is 2. The first kappa shape index (κ1) is 20.7. The van der Waals surface area contributed by atoms with Gasteiger partial charge in [-0.15, -0.1) is 0 Å². The molecule has 0 radical (unpaired) electrons. The van der Waals surface area contributed by atoms with Crippen LogP contribution in [0.5, 0.6) is 0 Å². The maximum Gasteiger partial charge on any atom is 0.334 e. The first-order chi connectivity index (χ1) is 10.9. The molecule has 0 atom stereocenters. The van der Waals surface area contributed by atoms with Gasteiger partial charge in [0.05, 0.1) is 6.10 Å². The van der Waals surface area contributed by atoms with E-state index in [4.69, 9.17) is 4.74 Å². The molecule has 0 fully saturated rings. The second kappa shape index (κ2) is 8.18. The van der Waals surface area contributed by atoms with Gasteiger partial charge in [0.1, 0.15) is 0 Å². The zero-order valence-corrected chi connectivity index (χ0v) is 17.0. The van der Waals surface area contributed by atoms with Crippen molar-refractivity contribution in [2.45, 2.75) is 87.2 Å². The Labute approximate surface area is 149 Å². The van der Waals surface area contributed by atoms with E-state index in [1.54, 1.807) is 0 Å². The molecule has 0 aromatic carbocycles. The van der Waals surface area contributed by atoms with Crippen molar-refractivity contribution in [1.29, 1.82) is 0 Å². The summed E-state index contributed by atoms with van der Waals surface area (Å²) in [6.07, 6.45) is 10.4. The molecule has 0 spiro atoms. The molecule has 0 saturated carbocycles. The molecule has 2 nitrogen and oxygen atoms in total. The third-order valence-electron chi connectivity index (χ3n) is 5.01. The lowest BCUT2D eigenvalue weighted by molar-refractivity contribution is -0.142. The molecule has 0 aliphatic heterocycles. The molecule has 24 heavy (non-hydrogen) atoms. The summed E-state index contributed by atoms with van der Waals surface area (Å²) in [6.45, 7) is 17.4. The van der Waals surface area contributed by atoms with Gasteiger partial charge >= 0.3 is 5.97 Å². The lowest BCUT2D eigenvalue weighted by Crippen LogP contribution is -2.19. The second-order valence-electron chi connectivity index (χ2n) is 8.88. The molecule has 0 aromatic heterocycles. The van der Waals surface area contributed by atoms with Crippen LogP contribution < -0.4 is 0 Å². The monoisotopic (exact) mass is 332 g/mol. The molecule has 0 bridgehead atoms. The third-order valence-corrected chi connectivity index (χ3v) is 5.01. The van der Waals surface area contributed by atoms with Crippen LogP contribution in [0.25, 0.3) is 0 Å². The Morgan fingerprint density at radius 1 is 1.17 bits per heavy atom. The van der Waals surface area contributed by atoms with E-state index >= 15 is 0 Å². The van der Waals surface area contributed by atoms with E-state index in [2.05, 4.69) is 59.8 Å². The van der Waals surface area contributed by atoms with Crippen molar-refractivity contribution in [3.8, 4) is 0 Å². The van der Waals surface area contributed by atoms with Crippen LogP contribution in [0.1, 0.15) is 81.1 Å². The van der Waals surface area contributed by atoms with Gasteiger partial charge < -0.3 is 4.74 Å². The van der Waals surface area contributed by atoms with E-state index < -0.39 is 0 Å². The van der Waals surface area contributed by atoms with Crippen LogP contribution >= 0.6 is 0 Å². The fraction of sp³-hybridized carbons (Fsp3) is 0.682. The van der Waals surface area contributed by atoms with Crippen LogP contribution in [-0.4, -0.2) is 12.1 Å². The summed E-state index contributed by atoms with van der Waals surface area (Å²) in [5.74, 6) is -0.165. The van der Waals surface area contributed by atoms with Gasteiger partial charge in [-0.05, 0) is 57.3 Å². The Hall–Kier alpha value is -1.31. The minimum Gasteiger partial charge on any atom is -0.460 e. The Bertz CT molecular complexity index is 537. The van der Waals surface area contributed by atoms with E-state index in [1.165, 1.54) is 11.1 Å². The molecular weight excluding hydrogens is 296 g/mol. The van der Waals surface area contributed by atoms with Crippen molar-refractivity contribution in [3.63, 3.8) is 0 Å². The number of ether oxygens (including phenoxy) is 1. The second-order valence-corrected chi connectivity index (χ2v) is 8.88. The molecule has 0 saturated heterocycles. The van der Waals surface area contributed by atoms with E-state index in [9.17, 15) is 4.79 Å². The number of allylic oxidation sites excluding steroid dienone is 5. The van der Waals surface area contributed by atoms with Crippen molar-refractivity contribution in [2.24, 2.45) is 10.8 Å². The highest BCUT2D eigenvalue weighted by atomic mass is 16.5.